The molecule has 0 aliphatic rings. The maximum absolute atomic E-state index is 6.44. The molecule has 0 aromatic rings. The summed E-state index contributed by atoms with van der Waals surface area (Å²) in [7, 11) is 0. The number of hydrogen-bond acceptors (Lipinski definition) is 2. The third kappa shape index (κ3) is 3.92. The predicted molar refractivity (Wildman–Crippen MR) is 22.7 cm³/mol. The van der Waals surface area contributed by atoms with Crippen molar-refractivity contribution >= 4 is 0 Å². The Hall–Kier alpha value is -0.0800. The van der Waals surface area contributed by atoms with Crippen LogP contribution in [0.3, 0.4) is 0 Å². The maximum atomic E-state index is 6.44. The van der Waals surface area contributed by atoms with Crippen molar-refractivity contribution in [3.05, 3.63) is 0 Å². The molecule has 0 heterocycles. The highest BCUT2D eigenvalue weighted by molar-refractivity contribution is 4.33. The van der Waals surface area contributed by atoms with Crippen LogP contribution in [0.1, 0.15) is 6.42 Å². The van der Waals surface area contributed by atoms with Crippen LogP contribution in [0.25, 0.3) is 0 Å². The lowest BCUT2D eigenvalue weighted by atomic mass is 10.4. The first kappa shape index (κ1) is 2.16. The molecule has 0 radical (unpaired) electrons. The first-order valence-electron chi connectivity index (χ1n) is 2.71. The third-order valence-electron chi connectivity index (χ3n) is 0.354. The standard InChI is InChI=1S/C3H10N2/c4-2-1-3-5/h1-5H2/i/hD2. The van der Waals surface area contributed by atoms with Crippen molar-refractivity contribution in [3.63, 3.8) is 0 Å². The summed E-state index contributed by atoms with van der Waals surface area (Å²) in [6, 6.07) is 0. The van der Waals surface area contributed by atoms with Crippen LogP contribution in [-0.2, 0) is 0 Å². The van der Waals surface area contributed by atoms with Gasteiger partial charge in [-0.25, -0.2) is 0 Å². The largest absolute Gasteiger partial charge is 0.330 e. The van der Waals surface area contributed by atoms with Crippen molar-refractivity contribution in [1.29, 1.82) is 0 Å². The smallest absolute Gasteiger partial charge is 0.118 e. The lowest BCUT2D eigenvalue weighted by Gasteiger charge is -1.81. The lowest BCUT2D eigenvalue weighted by Crippen LogP contribution is -2.06. The highest BCUT2D eigenvalue weighted by atomic mass is 14.6. The molecule has 0 aromatic carbocycles. The van der Waals surface area contributed by atoms with Crippen molar-refractivity contribution in [3.8, 4) is 0 Å². The van der Waals surface area contributed by atoms with Crippen LogP contribution in [0, 0.1) is 0 Å². The molecule has 0 atom stereocenters. The zero-order valence-electron chi connectivity index (χ0n) is 5.12. The molecule has 0 saturated carbocycles. The van der Waals surface area contributed by atoms with Gasteiger partial charge >= 0.3 is 0 Å². The van der Waals surface area contributed by atoms with Gasteiger partial charge in [-0.2, -0.15) is 0 Å². The Bertz CT molecular complexity index is 30.1. The van der Waals surface area contributed by atoms with Crippen LogP contribution < -0.4 is 11.5 Å². The summed E-state index contributed by atoms with van der Waals surface area (Å²) in [5.41, 5.74) is 4.46. The molecule has 2 heteroatoms. The summed E-state index contributed by atoms with van der Waals surface area (Å²) in [4.78, 5) is 0. The number of hydrogen-bond donors (Lipinski definition) is 2. The number of rotatable bonds is 4. The fourth-order valence-corrected chi connectivity index (χ4v) is 0.0884. The van der Waals surface area contributed by atoms with E-state index in [1.165, 1.54) is 0 Å². The van der Waals surface area contributed by atoms with Gasteiger partial charge in [-0.15, -0.1) is 0 Å². The van der Waals surface area contributed by atoms with Crippen molar-refractivity contribution < 1.29 is 2.82 Å². The fourth-order valence-electron chi connectivity index (χ4n) is 0.0884. The summed E-state index contributed by atoms with van der Waals surface area (Å²) in [5.74, 6) is 0. The highest BCUT2D eigenvalue weighted by Crippen LogP contribution is 1.58. The summed E-state index contributed by atoms with van der Waals surface area (Å²) in [6.07, 6.45) is 0.840. The first-order valence-corrected chi connectivity index (χ1v) is 1.71. The Morgan fingerprint density at radius 2 is 2.00 bits per heavy atom. The van der Waals surface area contributed by atoms with E-state index in [-0.39, 0.29) is 0 Å². The molecular weight excluding hydrogens is 64.0 g/mol. The van der Waals surface area contributed by atoms with Gasteiger partial charge in [0.15, 0.2) is 0 Å². The summed E-state index contributed by atoms with van der Waals surface area (Å²) in [6.45, 7) is 1.32. The van der Waals surface area contributed by atoms with Crippen LogP contribution in [0.15, 0.2) is 0 Å². The van der Waals surface area contributed by atoms with E-state index in [9.17, 15) is 0 Å². The van der Waals surface area contributed by atoms with Crippen molar-refractivity contribution in [2.24, 2.45) is 11.5 Å². The molecule has 0 unspecified atom stereocenters. The van der Waals surface area contributed by atoms with E-state index in [1.807, 2.05) is 0 Å². The van der Waals surface area contributed by atoms with Gasteiger partial charge in [0.2, 0.25) is 0 Å². The Morgan fingerprint density at radius 1 is 1.40 bits per heavy atom. The molecule has 0 aliphatic carbocycles. The second-order valence-electron chi connectivity index (χ2n) is 0.854. The summed E-state index contributed by atoms with van der Waals surface area (Å²) in [5, 5.41) is 0. The molecule has 0 fully saturated rings. The second kappa shape index (κ2) is 3.92. The molecule has 0 amide bonds. The average Bonchev–Trinajstić information content (AvgIpc) is 1.69. The molecule has 0 aromatic heterocycles. The Balaban J connectivity index is 2.45. The first-order chi connectivity index (χ1) is 3.41. The molecule has 5 heavy (non-hydrogen) atoms. The van der Waals surface area contributed by atoms with E-state index >= 15 is 0 Å². The minimum absolute atomic E-state index is 0.659. The van der Waals surface area contributed by atoms with E-state index < -0.39 is 0 Å². The minimum Gasteiger partial charge on any atom is -0.330 e. The SMILES string of the molecule is [2H]NCCCN[2H]. The van der Waals surface area contributed by atoms with Gasteiger partial charge < -0.3 is 11.5 Å². The molecule has 4 N–H and O–H groups in total. The average molecular weight is 76.1 g/mol. The zero-order valence-corrected chi connectivity index (χ0v) is 3.12. The second-order valence-corrected chi connectivity index (χ2v) is 0.854. The quantitative estimate of drug-likeness (QED) is 0.435. The summed E-state index contributed by atoms with van der Waals surface area (Å²) >= 11 is 0. The van der Waals surface area contributed by atoms with Crippen LogP contribution in [0.4, 0.5) is 0 Å². The van der Waals surface area contributed by atoms with Crippen molar-refractivity contribution in [1.82, 2.24) is 0 Å². The molecular formula is C3H10N2. The van der Waals surface area contributed by atoms with E-state index in [0.717, 1.165) is 6.42 Å². The molecule has 0 rings (SSSR count). The van der Waals surface area contributed by atoms with Crippen LogP contribution in [0.5, 0.6) is 0 Å². The lowest BCUT2D eigenvalue weighted by molar-refractivity contribution is 0.844. The van der Waals surface area contributed by atoms with Crippen LogP contribution in [-0.4, -0.2) is 13.1 Å². The zero-order chi connectivity index (χ0) is 5.54. The molecule has 0 aliphatic heterocycles. The number of nitrogens with two attached hydrogens (primary N) is 2. The highest BCUT2D eigenvalue weighted by Gasteiger charge is 1.67. The normalized spacial score (nSPS) is 13.6. The Kier molecular flexibility index (Phi) is 1.69. The van der Waals surface area contributed by atoms with Gasteiger partial charge in [-0.05, 0) is 19.5 Å². The van der Waals surface area contributed by atoms with Gasteiger partial charge in [0, 0.05) is 0 Å². The van der Waals surface area contributed by atoms with Gasteiger partial charge in [0.1, 0.15) is 2.82 Å². The van der Waals surface area contributed by atoms with Gasteiger partial charge in [-0.1, -0.05) is 0 Å². The third-order valence-corrected chi connectivity index (χ3v) is 0.354. The van der Waals surface area contributed by atoms with Crippen molar-refractivity contribution in [2.75, 3.05) is 13.1 Å². The van der Waals surface area contributed by atoms with E-state index in [2.05, 4.69) is 11.5 Å². The van der Waals surface area contributed by atoms with E-state index in [4.69, 9.17) is 2.82 Å². The van der Waals surface area contributed by atoms with Gasteiger partial charge in [0.05, 0.1) is 0 Å². The minimum atomic E-state index is 0.659. The monoisotopic (exact) mass is 76.1 g/mol. The molecule has 0 spiro atoms. The molecule has 2 nitrogen and oxygen atoms in total. The van der Waals surface area contributed by atoms with Crippen LogP contribution >= 0.6 is 0 Å². The Morgan fingerprint density at radius 3 is 2.40 bits per heavy atom. The predicted octanol–water partition coefficient (Wildman–Crippen LogP) is -0.706. The van der Waals surface area contributed by atoms with Crippen LogP contribution in [0.2, 0.25) is 2.82 Å². The topological polar surface area (TPSA) is 52.0 Å². The fraction of sp³-hybridized carbons (Fsp3) is 1.00. The summed E-state index contributed by atoms with van der Waals surface area (Å²) < 4.78 is 12.9. The Labute approximate surface area is 35.1 Å². The van der Waals surface area contributed by atoms with E-state index in [0.29, 0.717) is 13.1 Å². The maximum Gasteiger partial charge on any atom is 0.118 e. The van der Waals surface area contributed by atoms with Gasteiger partial charge in [0.25, 0.3) is 0 Å². The van der Waals surface area contributed by atoms with Crippen molar-refractivity contribution in [2.45, 2.75) is 6.42 Å². The molecule has 0 bridgehead atoms. The molecule has 0 saturated heterocycles. The molecule has 32 valence electrons. The van der Waals surface area contributed by atoms with Gasteiger partial charge in [-0.3, -0.25) is 0 Å². The van der Waals surface area contributed by atoms with E-state index in [1.54, 1.807) is 0 Å².